The Labute approximate surface area is 196 Å². The lowest BCUT2D eigenvalue weighted by molar-refractivity contribution is -0.140. The fraction of sp³-hybridized carbons (Fsp3) is 0.476. The van der Waals surface area contributed by atoms with Gasteiger partial charge in [0.25, 0.3) is 5.91 Å². The second kappa shape index (κ2) is 11.2. The molecule has 0 bridgehead atoms. The maximum Gasteiger partial charge on any atom is 0.407 e. The number of nitrogens with zero attached hydrogens (tertiary/aromatic N) is 3. The highest BCUT2D eigenvalue weighted by Crippen LogP contribution is 2.16. The number of esters is 1. The largest absolute Gasteiger partial charge is 0.460 e. The van der Waals surface area contributed by atoms with E-state index < -0.39 is 29.5 Å². The second-order valence-electron chi connectivity index (χ2n) is 8.21. The van der Waals surface area contributed by atoms with Crippen LogP contribution in [-0.2, 0) is 33.2 Å². The molecule has 34 heavy (non-hydrogen) atoms. The van der Waals surface area contributed by atoms with Gasteiger partial charge in [0.1, 0.15) is 11.3 Å². The third-order valence-corrected chi connectivity index (χ3v) is 4.09. The number of ether oxygens (including phenoxy) is 2. The third kappa shape index (κ3) is 7.83. The normalized spacial score (nSPS) is 10.9. The molecule has 0 saturated heterocycles. The first kappa shape index (κ1) is 26.2. The van der Waals surface area contributed by atoms with Crippen LogP contribution in [0, 0.1) is 0 Å². The molecule has 0 aliphatic carbocycles. The molecule has 13 heteroatoms. The van der Waals surface area contributed by atoms with Gasteiger partial charge in [-0.1, -0.05) is 0 Å². The molecule has 2 rings (SSSR count). The maximum absolute atomic E-state index is 12.6. The van der Waals surface area contributed by atoms with Gasteiger partial charge in [-0.3, -0.25) is 4.79 Å². The van der Waals surface area contributed by atoms with Crippen molar-refractivity contribution >= 4 is 35.4 Å². The molecule has 0 unspecified atom stereocenters. The van der Waals surface area contributed by atoms with Gasteiger partial charge in [-0.15, -0.1) is 0 Å². The zero-order valence-electron chi connectivity index (χ0n) is 20.1. The SMILES string of the molecule is CCOC(=O)c1nc(NC(=O)c2cc(NOC(=O)CCNC(=O)OC(C)(C)C)cn2C)cn1C. The standard InChI is InChI=1S/C21H30N6O7/c1-7-32-19(30)17-23-15(12-27(17)6)24-18(29)14-10-13(11-26(14)5)25-34-16(28)8-9-22-20(31)33-21(2,3)4/h10-12,25H,7-9H2,1-6H3,(H,22,31)(H,24,29). The molecule has 0 fully saturated rings. The fourth-order valence-corrected chi connectivity index (χ4v) is 2.69. The molecule has 0 aliphatic rings. The number of carbonyl (C=O) groups excluding carboxylic acids is 4. The van der Waals surface area contributed by atoms with Crippen molar-refractivity contribution in [2.75, 3.05) is 23.9 Å². The van der Waals surface area contributed by atoms with E-state index in [0.29, 0.717) is 5.69 Å². The predicted octanol–water partition coefficient (Wildman–Crippen LogP) is 1.97. The summed E-state index contributed by atoms with van der Waals surface area (Å²) >= 11 is 0. The highest BCUT2D eigenvalue weighted by molar-refractivity contribution is 6.03. The number of carbonyl (C=O) groups is 4. The molecule has 2 heterocycles. The molecule has 0 spiro atoms. The van der Waals surface area contributed by atoms with E-state index in [4.69, 9.17) is 14.3 Å². The van der Waals surface area contributed by atoms with E-state index in [0.717, 1.165) is 0 Å². The maximum atomic E-state index is 12.6. The fourth-order valence-electron chi connectivity index (χ4n) is 2.69. The summed E-state index contributed by atoms with van der Waals surface area (Å²) < 4.78 is 13.0. The molecular weight excluding hydrogens is 448 g/mol. The highest BCUT2D eigenvalue weighted by Gasteiger charge is 2.19. The summed E-state index contributed by atoms with van der Waals surface area (Å²) in [4.78, 5) is 57.0. The van der Waals surface area contributed by atoms with Crippen LogP contribution in [0.25, 0.3) is 0 Å². The first-order chi connectivity index (χ1) is 15.9. The zero-order valence-corrected chi connectivity index (χ0v) is 20.1. The third-order valence-electron chi connectivity index (χ3n) is 4.09. The van der Waals surface area contributed by atoms with Crippen LogP contribution in [-0.4, -0.2) is 56.8 Å². The van der Waals surface area contributed by atoms with Crippen molar-refractivity contribution in [3.63, 3.8) is 0 Å². The topological polar surface area (TPSA) is 155 Å². The molecule has 2 aromatic rings. The Morgan fingerprint density at radius 2 is 1.79 bits per heavy atom. The summed E-state index contributed by atoms with van der Waals surface area (Å²) in [7, 11) is 3.24. The lowest BCUT2D eigenvalue weighted by Gasteiger charge is -2.19. The van der Waals surface area contributed by atoms with E-state index >= 15 is 0 Å². The van der Waals surface area contributed by atoms with Crippen LogP contribution in [0.1, 0.15) is 55.2 Å². The first-order valence-corrected chi connectivity index (χ1v) is 10.5. The summed E-state index contributed by atoms with van der Waals surface area (Å²) in [6, 6.07) is 1.47. The smallest absolute Gasteiger partial charge is 0.407 e. The Hall–Kier alpha value is -4.03. The molecule has 0 radical (unpaired) electrons. The van der Waals surface area contributed by atoms with Crippen LogP contribution < -0.4 is 16.1 Å². The van der Waals surface area contributed by atoms with E-state index in [-0.39, 0.29) is 36.9 Å². The summed E-state index contributed by atoms with van der Waals surface area (Å²) in [5.41, 5.74) is 2.43. The van der Waals surface area contributed by atoms with Gasteiger partial charge in [-0.2, -0.15) is 0 Å². The average molecular weight is 479 g/mol. The summed E-state index contributed by atoms with van der Waals surface area (Å²) in [5.74, 6) is -1.48. The van der Waals surface area contributed by atoms with Gasteiger partial charge in [0.2, 0.25) is 5.82 Å². The predicted molar refractivity (Wildman–Crippen MR) is 121 cm³/mol. The van der Waals surface area contributed by atoms with Crippen LogP contribution in [0.2, 0.25) is 0 Å². The van der Waals surface area contributed by atoms with Gasteiger partial charge in [0.05, 0.1) is 18.7 Å². The Morgan fingerprint density at radius 3 is 2.44 bits per heavy atom. The molecule has 3 N–H and O–H groups in total. The van der Waals surface area contributed by atoms with Crippen LogP contribution in [0.4, 0.5) is 16.3 Å². The minimum absolute atomic E-state index is 0.0374. The quantitative estimate of drug-likeness (QED) is 0.279. The minimum atomic E-state index is -0.636. The van der Waals surface area contributed by atoms with E-state index in [2.05, 4.69) is 21.1 Å². The van der Waals surface area contributed by atoms with Crippen molar-refractivity contribution in [1.29, 1.82) is 0 Å². The van der Waals surface area contributed by atoms with Crippen molar-refractivity contribution in [3.8, 4) is 0 Å². The number of aryl methyl sites for hydroxylation is 2. The molecule has 13 nitrogen and oxygen atoms in total. The number of hydrogen-bond acceptors (Lipinski definition) is 9. The number of imidazole rings is 1. The number of alkyl carbamates (subject to hydrolysis) is 1. The van der Waals surface area contributed by atoms with Crippen molar-refractivity contribution in [3.05, 3.63) is 30.0 Å². The molecule has 0 atom stereocenters. The van der Waals surface area contributed by atoms with Crippen molar-refractivity contribution < 1.29 is 33.5 Å². The van der Waals surface area contributed by atoms with E-state index in [9.17, 15) is 19.2 Å². The summed E-state index contributed by atoms with van der Waals surface area (Å²) in [6.07, 6.45) is 2.31. The number of aromatic nitrogens is 3. The van der Waals surface area contributed by atoms with E-state index in [1.165, 1.54) is 21.4 Å². The summed E-state index contributed by atoms with van der Waals surface area (Å²) in [6.45, 7) is 7.12. The monoisotopic (exact) mass is 478 g/mol. The van der Waals surface area contributed by atoms with Crippen molar-refractivity contribution in [2.24, 2.45) is 14.1 Å². The van der Waals surface area contributed by atoms with Gasteiger partial charge in [0.15, 0.2) is 5.82 Å². The number of anilines is 2. The minimum Gasteiger partial charge on any atom is -0.460 e. The van der Waals surface area contributed by atoms with Crippen LogP contribution >= 0.6 is 0 Å². The molecular formula is C21H30N6O7. The van der Waals surface area contributed by atoms with Gasteiger partial charge in [-0.05, 0) is 33.8 Å². The van der Waals surface area contributed by atoms with Crippen LogP contribution in [0.15, 0.2) is 18.5 Å². The number of hydrogen-bond donors (Lipinski definition) is 3. The van der Waals surface area contributed by atoms with E-state index in [1.54, 1.807) is 48.0 Å². The van der Waals surface area contributed by atoms with Gasteiger partial charge < -0.3 is 34.1 Å². The van der Waals surface area contributed by atoms with Gasteiger partial charge >= 0.3 is 18.0 Å². The second-order valence-corrected chi connectivity index (χ2v) is 8.21. The van der Waals surface area contributed by atoms with Crippen LogP contribution in [0.5, 0.6) is 0 Å². The number of nitrogens with one attached hydrogen (secondary N) is 3. The summed E-state index contributed by atoms with van der Waals surface area (Å²) in [5, 5.41) is 5.06. The number of rotatable bonds is 9. The lowest BCUT2D eigenvalue weighted by atomic mass is 10.2. The molecule has 2 amide bonds. The Kier molecular flexibility index (Phi) is 8.64. The Balaban J connectivity index is 1.86. The zero-order chi connectivity index (χ0) is 25.5. The molecule has 0 aromatic carbocycles. The van der Waals surface area contributed by atoms with Crippen LogP contribution in [0.3, 0.4) is 0 Å². The van der Waals surface area contributed by atoms with Crippen molar-refractivity contribution in [2.45, 2.75) is 39.7 Å². The average Bonchev–Trinajstić information content (AvgIpc) is 3.27. The lowest BCUT2D eigenvalue weighted by Crippen LogP contribution is -2.33. The van der Waals surface area contributed by atoms with Gasteiger partial charge in [-0.25, -0.2) is 24.8 Å². The Bertz CT molecular complexity index is 1050. The first-order valence-electron chi connectivity index (χ1n) is 10.5. The molecule has 2 aromatic heterocycles. The Morgan fingerprint density at radius 1 is 1.09 bits per heavy atom. The van der Waals surface area contributed by atoms with Crippen molar-refractivity contribution in [1.82, 2.24) is 19.4 Å². The van der Waals surface area contributed by atoms with E-state index in [1.807, 2.05) is 0 Å². The molecule has 186 valence electrons. The highest BCUT2D eigenvalue weighted by atomic mass is 16.7. The molecule has 0 aliphatic heterocycles. The number of amides is 2. The molecule has 0 saturated carbocycles. The van der Waals surface area contributed by atoms with Gasteiger partial charge in [0, 0.05) is 33.0 Å².